The van der Waals surface area contributed by atoms with Crippen molar-refractivity contribution in [1.29, 1.82) is 0 Å². The van der Waals surface area contributed by atoms with E-state index in [1.165, 1.54) is 30.3 Å². The van der Waals surface area contributed by atoms with Crippen LogP contribution in [0, 0.1) is 5.92 Å². The highest BCUT2D eigenvalue weighted by atomic mass is 35.5. The molecule has 1 saturated heterocycles. The van der Waals surface area contributed by atoms with Crippen LogP contribution in [0.2, 0.25) is 15.1 Å². The lowest BCUT2D eigenvalue weighted by Gasteiger charge is -2.27. The Morgan fingerprint density at radius 1 is 1.03 bits per heavy atom. The Morgan fingerprint density at radius 2 is 1.67 bits per heavy atom. The Balaban J connectivity index is 1.98. The minimum absolute atomic E-state index is 0.161. The van der Waals surface area contributed by atoms with Crippen molar-refractivity contribution in [3.05, 3.63) is 62.6 Å². The number of barbiturate groups is 1. The van der Waals surface area contributed by atoms with Gasteiger partial charge in [-0.1, -0.05) is 60.8 Å². The first-order chi connectivity index (χ1) is 14.2. The zero-order valence-corrected chi connectivity index (χ0v) is 18.3. The molecule has 1 aliphatic rings. The molecule has 1 fully saturated rings. The normalized spacial score (nSPS) is 15.7. The number of imide groups is 2. The number of halogens is 3. The van der Waals surface area contributed by atoms with Crippen LogP contribution in [0.25, 0.3) is 6.08 Å². The molecule has 4 amide bonds. The molecular formula is C21H17Cl3N2O4. The minimum atomic E-state index is -0.885. The fraction of sp³-hybridized carbons (Fsp3) is 0.190. The summed E-state index contributed by atoms with van der Waals surface area (Å²) in [7, 11) is 0. The Bertz CT molecular complexity index is 1040. The number of carbonyl (C=O) groups excluding carboxylic acids is 3. The quantitative estimate of drug-likeness (QED) is 0.475. The number of nitrogens with one attached hydrogen (secondary N) is 1. The molecule has 1 aliphatic heterocycles. The third-order valence-corrected chi connectivity index (χ3v) is 4.97. The molecule has 30 heavy (non-hydrogen) atoms. The molecule has 0 bridgehead atoms. The van der Waals surface area contributed by atoms with E-state index in [1.807, 2.05) is 13.8 Å². The summed E-state index contributed by atoms with van der Waals surface area (Å²) in [6.07, 6.45) is 1.30. The number of para-hydroxylation sites is 1. The van der Waals surface area contributed by atoms with E-state index >= 15 is 0 Å². The van der Waals surface area contributed by atoms with Crippen LogP contribution in [0.15, 0.2) is 42.0 Å². The van der Waals surface area contributed by atoms with Crippen molar-refractivity contribution < 1.29 is 19.1 Å². The fourth-order valence-corrected chi connectivity index (χ4v) is 3.56. The largest absolute Gasteiger partial charge is 0.490 e. The summed E-state index contributed by atoms with van der Waals surface area (Å²) in [6.45, 7) is 4.40. The molecule has 9 heteroatoms. The number of nitrogens with zero attached hydrogens (tertiary/aromatic N) is 1. The molecule has 0 aliphatic carbocycles. The number of amides is 4. The van der Waals surface area contributed by atoms with Crippen molar-refractivity contribution in [3.63, 3.8) is 0 Å². The zero-order valence-electron chi connectivity index (χ0n) is 16.0. The van der Waals surface area contributed by atoms with Crippen LogP contribution in [0.1, 0.15) is 19.4 Å². The average molecular weight is 468 g/mol. The summed E-state index contributed by atoms with van der Waals surface area (Å²) in [4.78, 5) is 38.3. The molecule has 6 nitrogen and oxygen atoms in total. The van der Waals surface area contributed by atoms with E-state index in [0.717, 1.165) is 4.90 Å². The summed E-state index contributed by atoms with van der Waals surface area (Å²) in [5, 5.41) is 2.79. The predicted octanol–water partition coefficient (Wildman–Crippen LogP) is 5.35. The molecular weight excluding hydrogens is 451 g/mol. The van der Waals surface area contributed by atoms with Crippen LogP contribution in [-0.2, 0) is 9.59 Å². The van der Waals surface area contributed by atoms with Gasteiger partial charge in [0.05, 0.1) is 27.4 Å². The maximum atomic E-state index is 12.9. The maximum Gasteiger partial charge on any atom is 0.335 e. The monoisotopic (exact) mass is 466 g/mol. The van der Waals surface area contributed by atoms with E-state index in [4.69, 9.17) is 39.5 Å². The second kappa shape index (κ2) is 9.08. The highest BCUT2D eigenvalue weighted by Gasteiger charge is 2.37. The topological polar surface area (TPSA) is 75.7 Å². The Labute approximate surface area is 188 Å². The lowest BCUT2D eigenvalue weighted by Crippen LogP contribution is -2.54. The third-order valence-electron chi connectivity index (χ3n) is 4.09. The van der Waals surface area contributed by atoms with E-state index in [2.05, 4.69) is 5.32 Å². The SMILES string of the molecule is CC(C)COc1c(Cl)cc(/C=C2\C(=O)NC(=O)N(c3ccccc3Cl)C2=O)cc1Cl. The first kappa shape index (κ1) is 22.2. The fourth-order valence-electron chi connectivity index (χ4n) is 2.73. The van der Waals surface area contributed by atoms with Gasteiger partial charge < -0.3 is 4.74 Å². The predicted molar refractivity (Wildman–Crippen MR) is 117 cm³/mol. The summed E-state index contributed by atoms with van der Waals surface area (Å²) >= 11 is 18.7. The second-order valence-electron chi connectivity index (χ2n) is 6.93. The Hall–Kier alpha value is -2.54. The molecule has 2 aromatic rings. The van der Waals surface area contributed by atoms with Crippen molar-refractivity contribution >= 4 is 64.4 Å². The molecule has 1 heterocycles. The number of carbonyl (C=O) groups is 3. The van der Waals surface area contributed by atoms with Gasteiger partial charge in [0.15, 0.2) is 5.75 Å². The molecule has 1 N–H and O–H groups in total. The molecule has 0 spiro atoms. The highest BCUT2D eigenvalue weighted by molar-refractivity contribution is 6.42. The van der Waals surface area contributed by atoms with Crippen LogP contribution in [0.5, 0.6) is 5.75 Å². The zero-order chi connectivity index (χ0) is 22.0. The molecule has 0 unspecified atom stereocenters. The summed E-state index contributed by atoms with van der Waals surface area (Å²) in [5.74, 6) is -1.05. The van der Waals surface area contributed by atoms with Gasteiger partial charge in [-0.2, -0.15) is 0 Å². The van der Waals surface area contributed by atoms with Crippen LogP contribution in [0.4, 0.5) is 10.5 Å². The van der Waals surface area contributed by atoms with Crippen molar-refractivity contribution in [3.8, 4) is 5.75 Å². The average Bonchev–Trinajstić information content (AvgIpc) is 2.65. The van der Waals surface area contributed by atoms with Crippen LogP contribution >= 0.6 is 34.8 Å². The standard InChI is InChI=1S/C21H17Cl3N2O4/c1-11(2)10-30-18-15(23)8-12(9-16(18)24)7-13-19(27)25-21(29)26(20(13)28)17-6-4-3-5-14(17)22/h3-9,11H,10H2,1-2H3,(H,25,27,29)/b13-7+. The van der Waals surface area contributed by atoms with Crippen molar-refractivity contribution in [1.82, 2.24) is 5.32 Å². The van der Waals surface area contributed by atoms with E-state index in [9.17, 15) is 14.4 Å². The number of rotatable bonds is 5. The van der Waals surface area contributed by atoms with Gasteiger partial charge in [-0.05, 0) is 41.8 Å². The molecule has 0 aromatic heterocycles. The van der Waals surface area contributed by atoms with Crippen molar-refractivity contribution in [2.45, 2.75) is 13.8 Å². The van der Waals surface area contributed by atoms with Gasteiger partial charge in [0.25, 0.3) is 11.8 Å². The van der Waals surface area contributed by atoms with Crippen LogP contribution in [-0.4, -0.2) is 24.5 Å². The van der Waals surface area contributed by atoms with Gasteiger partial charge in [0.1, 0.15) is 5.57 Å². The van der Waals surface area contributed by atoms with Gasteiger partial charge in [-0.3, -0.25) is 14.9 Å². The Morgan fingerprint density at radius 3 is 2.27 bits per heavy atom. The first-order valence-corrected chi connectivity index (χ1v) is 10.1. The number of hydrogen-bond donors (Lipinski definition) is 1. The van der Waals surface area contributed by atoms with E-state index in [0.29, 0.717) is 17.9 Å². The second-order valence-corrected chi connectivity index (χ2v) is 8.15. The smallest absolute Gasteiger partial charge is 0.335 e. The molecule has 3 rings (SSSR count). The third kappa shape index (κ3) is 4.61. The number of hydrogen-bond acceptors (Lipinski definition) is 4. The highest BCUT2D eigenvalue weighted by Crippen LogP contribution is 2.36. The molecule has 0 atom stereocenters. The van der Waals surface area contributed by atoms with E-state index in [-0.39, 0.29) is 32.2 Å². The van der Waals surface area contributed by atoms with Gasteiger partial charge >= 0.3 is 6.03 Å². The van der Waals surface area contributed by atoms with E-state index < -0.39 is 17.8 Å². The van der Waals surface area contributed by atoms with Gasteiger partial charge in [-0.15, -0.1) is 0 Å². The molecule has 0 saturated carbocycles. The van der Waals surface area contributed by atoms with Gasteiger partial charge in [0, 0.05) is 0 Å². The Kier molecular flexibility index (Phi) is 6.71. The van der Waals surface area contributed by atoms with Gasteiger partial charge in [0.2, 0.25) is 0 Å². The van der Waals surface area contributed by atoms with E-state index in [1.54, 1.807) is 12.1 Å². The molecule has 156 valence electrons. The maximum absolute atomic E-state index is 12.9. The number of urea groups is 1. The van der Waals surface area contributed by atoms with Gasteiger partial charge in [-0.25, -0.2) is 9.69 Å². The molecule has 0 radical (unpaired) electrons. The van der Waals surface area contributed by atoms with Crippen molar-refractivity contribution in [2.24, 2.45) is 5.92 Å². The summed E-state index contributed by atoms with van der Waals surface area (Å²) in [5.41, 5.74) is 0.292. The summed E-state index contributed by atoms with van der Waals surface area (Å²) in [6, 6.07) is 8.47. The van der Waals surface area contributed by atoms with Crippen LogP contribution in [0.3, 0.4) is 0 Å². The van der Waals surface area contributed by atoms with Crippen molar-refractivity contribution in [2.75, 3.05) is 11.5 Å². The molecule has 2 aromatic carbocycles. The van der Waals surface area contributed by atoms with Crippen LogP contribution < -0.4 is 15.0 Å². The number of anilines is 1. The number of ether oxygens (including phenoxy) is 1. The first-order valence-electron chi connectivity index (χ1n) is 8.97. The lowest BCUT2D eigenvalue weighted by atomic mass is 10.1. The minimum Gasteiger partial charge on any atom is -0.490 e. The lowest BCUT2D eigenvalue weighted by molar-refractivity contribution is -0.122. The number of benzene rings is 2. The summed E-state index contributed by atoms with van der Waals surface area (Å²) < 4.78 is 5.62.